The van der Waals surface area contributed by atoms with Crippen LogP contribution in [0.5, 0.6) is 11.5 Å². The van der Waals surface area contributed by atoms with Crippen LogP contribution < -0.4 is 9.47 Å². The summed E-state index contributed by atoms with van der Waals surface area (Å²) in [6.45, 7) is 7.60. The number of ether oxygens (including phenoxy) is 3. The second kappa shape index (κ2) is 8.57. The van der Waals surface area contributed by atoms with E-state index in [2.05, 4.69) is 22.5 Å². The van der Waals surface area contributed by atoms with Crippen molar-refractivity contribution >= 4 is 27.3 Å². The van der Waals surface area contributed by atoms with E-state index in [0.717, 1.165) is 54.5 Å². The highest BCUT2D eigenvalue weighted by molar-refractivity contribution is 7.20. The van der Waals surface area contributed by atoms with Gasteiger partial charge >= 0.3 is 0 Å². The molecule has 0 atom stereocenters. The smallest absolute Gasteiger partial charge is 0.206 e. The van der Waals surface area contributed by atoms with Gasteiger partial charge in [0.25, 0.3) is 0 Å². The summed E-state index contributed by atoms with van der Waals surface area (Å²) in [7, 11) is 3.17. The van der Waals surface area contributed by atoms with Gasteiger partial charge in [0.1, 0.15) is 16.3 Å². The number of hydrogen-bond donors (Lipinski definition) is 0. The van der Waals surface area contributed by atoms with E-state index in [1.807, 2.05) is 6.07 Å². The highest BCUT2D eigenvalue weighted by Gasteiger charge is 2.20. The van der Waals surface area contributed by atoms with E-state index < -0.39 is 0 Å². The monoisotopic (exact) mass is 414 g/mol. The largest absolute Gasteiger partial charge is 0.497 e. The first kappa shape index (κ1) is 19.9. The first-order valence-electron chi connectivity index (χ1n) is 9.77. The van der Waals surface area contributed by atoms with Crippen molar-refractivity contribution in [1.29, 1.82) is 0 Å². The van der Waals surface area contributed by atoms with Gasteiger partial charge in [0.2, 0.25) is 5.78 Å². The average molecular weight is 415 g/mol. The lowest BCUT2D eigenvalue weighted by Gasteiger charge is -2.26. The van der Waals surface area contributed by atoms with Gasteiger partial charge in [-0.2, -0.15) is 0 Å². The van der Waals surface area contributed by atoms with Crippen LogP contribution in [0.25, 0.3) is 10.2 Å². The van der Waals surface area contributed by atoms with Crippen LogP contribution in [-0.2, 0) is 11.3 Å². The molecule has 0 bridgehead atoms. The number of carbonyl (C=O) groups excluding carboxylic acids is 1. The van der Waals surface area contributed by atoms with E-state index in [1.54, 1.807) is 43.8 Å². The third-order valence-electron chi connectivity index (χ3n) is 5.40. The normalized spacial score (nSPS) is 15.0. The molecule has 2 aromatic heterocycles. The quantitative estimate of drug-likeness (QED) is 0.553. The number of ketones is 1. The number of benzene rings is 1. The van der Waals surface area contributed by atoms with E-state index in [0.29, 0.717) is 17.1 Å². The van der Waals surface area contributed by atoms with Crippen molar-refractivity contribution in [2.45, 2.75) is 13.5 Å². The number of nitrogens with zero attached hydrogens (tertiary/aromatic N) is 2. The topological polar surface area (TPSA) is 52.9 Å². The number of carbonyl (C=O) groups is 1. The number of hydrogen-bond acceptors (Lipinski definition) is 6. The van der Waals surface area contributed by atoms with Crippen molar-refractivity contribution in [2.75, 3.05) is 47.1 Å². The van der Waals surface area contributed by atoms with Crippen LogP contribution in [0.4, 0.5) is 0 Å². The lowest BCUT2D eigenvalue weighted by Crippen LogP contribution is -2.38. The average Bonchev–Trinajstić information content (AvgIpc) is 3.29. The maximum Gasteiger partial charge on any atom is 0.206 e. The molecule has 0 radical (unpaired) electrons. The Morgan fingerprint density at radius 3 is 2.62 bits per heavy atom. The summed E-state index contributed by atoms with van der Waals surface area (Å²) in [5, 5.41) is 1.12. The summed E-state index contributed by atoms with van der Waals surface area (Å²) in [5.41, 5.74) is 1.77. The molecular weight excluding hydrogens is 388 g/mol. The Bertz CT molecular complexity index is 1020. The van der Waals surface area contributed by atoms with Gasteiger partial charge in [0.15, 0.2) is 0 Å². The number of rotatable bonds is 7. The van der Waals surface area contributed by atoms with Crippen LogP contribution in [0, 0.1) is 6.92 Å². The van der Waals surface area contributed by atoms with E-state index in [4.69, 9.17) is 14.2 Å². The molecule has 29 heavy (non-hydrogen) atoms. The van der Waals surface area contributed by atoms with E-state index in [1.165, 1.54) is 5.69 Å². The molecule has 0 N–H and O–H groups in total. The second-order valence-electron chi connectivity index (χ2n) is 7.16. The Hall–Kier alpha value is -2.35. The molecule has 7 heteroatoms. The molecule has 1 saturated heterocycles. The Morgan fingerprint density at radius 1 is 1.10 bits per heavy atom. The number of thiophene rings is 1. The molecule has 4 rings (SSSR count). The van der Waals surface area contributed by atoms with E-state index in [-0.39, 0.29) is 5.78 Å². The van der Waals surface area contributed by atoms with Crippen molar-refractivity contribution in [3.63, 3.8) is 0 Å². The minimum atomic E-state index is -0.0249. The fourth-order valence-corrected chi connectivity index (χ4v) is 4.93. The van der Waals surface area contributed by atoms with Crippen LogP contribution in [0.15, 0.2) is 30.3 Å². The molecule has 0 amide bonds. The number of aryl methyl sites for hydroxylation is 1. The standard InChI is InChI=1S/C22H26N2O4S/c1-15-12-16-13-20(21(25)18-5-4-17(26-2)14-19(18)27-3)29-22(16)24(15)7-6-23-8-10-28-11-9-23/h4-5,12-14H,6-11H2,1-3H3. The molecule has 1 aromatic carbocycles. The highest BCUT2D eigenvalue weighted by atomic mass is 32.1. The summed E-state index contributed by atoms with van der Waals surface area (Å²) in [6.07, 6.45) is 0. The fraction of sp³-hybridized carbons (Fsp3) is 0.409. The number of aromatic nitrogens is 1. The SMILES string of the molecule is COc1ccc(C(=O)c2cc3cc(C)n(CCN4CCOCC4)c3s2)c(OC)c1. The van der Waals surface area contributed by atoms with Gasteiger partial charge in [0, 0.05) is 43.3 Å². The van der Waals surface area contributed by atoms with Crippen molar-refractivity contribution in [2.24, 2.45) is 0 Å². The molecule has 3 heterocycles. The molecule has 1 aliphatic rings. The fourth-order valence-electron chi connectivity index (χ4n) is 3.75. The van der Waals surface area contributed by atoms with Crippen molar-refractivity contribution in [1.82, 2.24) is 9.47 Å². The summed E-state index contributed by atoms with van der Waals surface area (Å²) in [6, 6.07) is 9.45. The molecule has 1 fully saturated rings. The van der Waals surface area contributed by atoms with E-state index in [9.17, 15) is 4.79 Å². The highest BCUT2D eigenvalue weighted by Crippen LogP contribution is 2.33. The predicted molar refractivity (Wildman–Crippen MR) is 115 cm³/mol. The lowest BCUT2D eigenvalue weighted by molar-refractivity contribution is 0.0365. The first-order chi connectivity index (χ1) is 14.1. The molecule has 0 saturated carbocycles. The second-order valence-corrected chi connectivity index (χ2v) is 8.19. The zero-order valence-electron chi connectivity index (χ0n) is 17.1. The summed E-state index contributed by atoms with van der Waals surface area (Å²) < 4.78 is 18.4. The van der Waals surface area contributed by atoms with Crippen molar-refractivity contribution in [3.8, 4) is 11.5 Å². The Labute approximate surface area is 174 Å². The van der Waals surface area contributed by atoms with Crippen molar-refractivity contribution < 1.29 is 19.0 Å². The summed E-state index contributed by atoms with van der Waals surface area (Å²) in [4.78, 5) is 17.4. The maximum atomic E-state index is 13.2. The lowest BCUT2D eigenvalue weighted by atomic mass is 10.1. The molecule has 0 aliphatic carbocycles. The first-order valence-corrected chi connectivity index (χ1v) is 10.6. The molecule has 0 unspecified atom stereocenters. The number of morpholine rings is 1. The summed E-state index contributed by atoms with van der Waals surface area (Å²) in [5.74, 6) is 1.17. The van der Waals surface area contributed by atoms with Crippen molar-refractivity contribution in [3.05, 3.63) is 46.5 Å². The van der Waals surface area contributed by atoms with Gasteiger partial charge in [-0.3, -0.25) is 9.69 Å². The molecule has 6 nitrogen and oxygen atoms in total. The molecule has 3 aromatic rings. The molecule has 154 valence electrons. The van der Waals surface area contributed by atoms with Crippen LogP contribution in [-0.4, -0.2) is 62.3 Å². The van der Waals surface area contributed by atoms with Gasteiger partial charge < -0.3 is 18.8 Å². The third kappa shape index (κ3) is 4.03. The van der Waals surface area contributed by atoms with Gasteiger partial charge in [-0.25, -0.2) is 0 Å². The minimum absolute atomic E-state index is 0.0249. The Kier molecular flexibility index (Phi) is 5.89. The van der Waals surface area contributed by atoms with Gasteiger partial charge in [0.05, 0.1) is 37.9 Å². The number of methoxy groups -OCH3 is 2. The number of fused-ring (bicyclic) bond motifs is 1. The van der Waals surface area contributed by atoms with Crippen LogP contribution >= 0.6 is 11.3 Å². The van der Waals surface area contributed by atoms with Gasteiger partial charge in [-0.15, -0.1) is 11.3 Å². The van der Waals surface area contributed by atoms with E-state index >= 15 is 0 Å². The predicted octanol–water partition coefficient (Wildman–Crippen LogP) is 3.59. The molecule has 0 spiro atoms. The minimum Gasteiger partial charge on any atom is -0.497 e. The molecule has 1 aliphatic heterocycles. The summed E-state index contributed by atoms with van der Waals surface area (Å²) >= 11 is 1.55. The Balaban J connectivity index is 1.59. The zero-order chi connectivity index (χ0) is 20.4. The zero-order valence-corrected chi connectivity index (χ0v) is 17.9. The van der Waals surface area contributed by atoms with Gasteiger partial charge in [-0.1, -0.05) is 0 Å². The third-order valence-corrected chi connectivity index (χ3v) is 6.57. The van der Waals surface area contributed by atoms with Gasteiger partial charge in [-0.05, 0) is 31.2 Å². The van der Waals surface area contributed by atoms with Crippen LogP contribution in [0.1, 0.15) is 20.9 Å². The maximum absolute atomic E-state index is 13.2. The van der Waals surface area contributed by atoms with Crippen LogP contribution in [0.2, 0.25) is 0 Å². The van der Waals surface area contributed by atoms with Crippen LogP contribution in [0.3, 0.4) is 0 Å². The Morgan fingerprint density at radius 2 is 1.90 bits per heavy atom. The molecular formula is C22H26N2O4S.